The van der Waals surface area contributed by atoms with Crippen molar-refractivity contribution in [2.24, 2.45) is 4.99 Å². The Kier molecular flexibility index (Phi) is 7.79. The third kappa shape index (κ3) is 5.08. The van der Waals surface area contributed by atoms with E-state index in [-0.39, 0.29) is 24.0 Å². The van der Waals surface area contributed by atoms with Gasteiger partial charge in [0.15, 0.2) is 5.96 Å². The zero-order valence-electron chi connectivity index (χ0n) is 16.8. The molecule has 0 amide bonds. The van der Waals surface area contributed by atoms with Gasteiger partial charge in [0.25, 0.3) is 0 Å². The molecule has 1 saturated heterocycles. The molecule has 28 heavy (non-hydrogen) atoms. The van der Waals surface area contributed by atoms with Gasteiger partial charge in [0, 0.05) is 57.5 Å². The molecule has 1 unspecified atom stereocenters. The topological polar surface area (TPSA) is 34.1 Å². The molecular formula is C22H32IN5. The van der Waals surface area contributed by atoms with Gasteiger partial charge in [0.05, 0.1) is 6.54 Å². The molecule has 1 aromatic rings. The van der Waals surface area contributed by atoms with E-state index in [0.29, 0.717) is 6.04 Å². The largest absolute Gasteiger partial charge is 0.364 e. The van der Waals surface area contributed by atoms with Gasteiger partial charge in [-0.1, -0.05) is 36.4 Å². The number of hydrogen-bond acceptors (Lipinski definition) is 3. The third-order valence-electron chi connectivity index (χ3n) is 5.67. The molecule has 0 spiro atoms. The van der Waals surface area contributed by atoms with Crippen LogP contribution in [-0.4, -0.2) is 67.6 Å². The van der Waals surface area contributed by atoms with Crippen LogP contribution in [0.4, 0.5) is 5.69 Å². The first-order chi connectivity index (χ1) is 13.3. The molecule has 3 heterocycles. The summed E-state index contributed by atoms with van der Waals surface area (Å²) in [6.45, 7) is 10.2. The van der Waals surface area contributed by atoms with Gasteiger partial charge < -0.3 is 15.1 Å². The Morgan fingerprint density at radius 2 is 1.86 bits per heavy atom. The minimum atomic E-state index is 0. The van der Waals surface area contributed by atoms with Crippen molar-refractivity contribution in [2.75, 3.05) is 50.7 Å². The highest BCUT2D eigenvalue weighted by molar-refractivity contribution is 14.0. The van der Waals surface area contributed by atoms with Crippen molar-refractivity contribution in [2.45, 2.75) is 25.9 Å². The number of anilines is 1. The van der Waals surface area contributed by atoms with Crippen molar-refractivity contribution in [1.29, 1.82) is 0 Å². The molecule has 1 aromatic carbocycles. The van der Waals surface area contributed by atoms with E-state index in [1.54, 1.807) is 0 Å². The first-order valence-electron chi connectivity index (χ1n) is 10.2. The van der Waals surface area contributed by atoms with Gasteiger partial charge >= 0.3 is 0 Å². The van der Waals surface area contributed by atoms with E-state index in [0.717, 1.165) is 58.3 Å². The summed E-state index contributed by atoms with van der Waals surface area (Å²) in [5.74, 6) is 1.06. The number of nitrogens with one attached hydrogen (secondary N) is 1. The molecule has 152 valence electrons. The van der Waals surface area contributed by atoms with E-state index in [1.807, 2.05) is 0 Å². The lowest BCUT2D eigenvalue weighted by Gasteiger charge is -2.25. The number of benzene rings is 1. The van der Waals surface area contributed by atoms with Crippen LogP contribution in [-0.2, 0) is 6.54 Å². The lowest BCUT2D eigenvalue weighted by atomic mass is 10.2. The fraction of sp³-hybridized carbons (Fsp3) is 0.500. The minimum absolute atomic E-state index is 0. The van der Waals surface area contributed by atoms with Crippen molar-refractivity contribution >= 4 is 35.6 Å². The summed E-state index contributed by atoms with van der Waals surface area (Å²) in [7, 11) is 0. The predicted molar refractivity (Wildman–Crippen MR) is 129 cm³/mol. The maximum Gasteiger partial charge on any atom is 0.194 e. The normalized spacial score (nSPS) is 22.2. The van der Waals surface area contributed by atoms with Crippen molar-refractivity contribution in [3.8, 4) is 0 Å². The number of halogens is 1. The van der Waals surface area contributed by atoms with E-state index in [4.69, 9.17) is 4.99 Å². The predicted octanol–water partition coefficient (Wildman–Crippen LogP) is 3.09. The fourth-order valence-electron chi connectivity index (χ4n) is 4.16. The Balaban J connectivity index is 0.00000225. The van der Waals surface area contributed by atoms with E-state index in [2.05, 4.69) is 75.5 Å². The molecule has 0 radical (unpaired) electrons. The maximum atomic E-state index is 4.96. The van der Waals surface area contributed by atoms with Gasteiger partial charge in [0.2, 0.25) is 0 Å². The van der Waals surface area contributed by atoms with Gasteiger partial charge in [0.1, 0.15) is 0 Å². The number of guanidine groups is 1. The average molecular weight is 493 g/mol. The highest BCUT2D eigenvalue weighted by atomic mass is 127. The molecule has 0 aliphatic carbocycles. The Labute approximate surface area is 186 Å². The van der Waals surface area contributed by atoms with E-state index < -0.39 is 0 Å². The monoisotopic (exact) mass is 493 g/mol. The Morgan fingerprint density at radius 3 is 2.61 bits per heavy atom. The quantitative estimate of drug-likeness (QED) is 0.296. The molecule has 4 rings (SSSR count). The second-order valence-corrected chi connectivity index (χ2v) is 7.53. The zero-order chi connectivity index (χ0) is 18.5. The molecule has 1 fully saturated rings. The SMILES string of the molecule is CCNC(=NCc1cccc(N2CC=CC2)c1)N1CCC(N2CC=CC2)C1.I. The Morgan fingerprint density at radius 1 is 1.11 bits per heavy atom. The second kappa shape index (κ2) is 10.3. The standard InChI is InChI=1S/C22H31N5.HI/c1-2-23-22(27-15-10-21(18-27)26-13-5-6-14-26)24-17-19-8-7-9-20(16-19)25-11-3-4-12-25;/h3-9,16,21H,2,10-15,17-18H2,1H3,(H,23,24);1H. The van der Waals surface area contributed by atoms with Crippen molar-refractivity contribution in [3.63, 3.8) is 0 Å². The smallest absolute Gasteiger partial charge is 0.194 e. The zero-order valence-corrected chi connectivity index (χ0v) is 19.1. The number of rotatable bonds is 5. The molecular weight excluding hydrogens is 461 g/mol. The highest BCUT2D eigenvalue weighted by Gasteiger charge is 2.29. The van der Waals surface area contributed by atoms with Gasteiger partial charge in [-0.2, -0.15) is 0 Å². The number of likely N-dealkylation sites (tertiary alicyclic amines) is 1. The van der Waals surface area contributed by atoms with Gasteiger partial charge in [-0.05, 0) is 31.0 Å². The second-order valence-electron chi connectivity index (χ2n) is 7.53. The van der Waals surface area contributed by atoms with Crippen LogP contribution in [0, 0.1) is 0 Å². The summed E-state index contributed by atoms with van der Waals surface area (Å²) in [5, 5.41) is 3.50. The maximum absolute atomic E-state index is 4.96. The summed E-state index contributed by atoms with van der Waals surface area (Å²) >= 11 is 0. The van der Waals surface area contributed by atoms with Crippen LogP contribution in [0.5, 0.6) is 0 Å². The van der Waals surface area contributed by atoms with Crippen molar-refractivity contribution in [3.05, 3.63) is 54.1 Å². The van der Waals surface area contributed by atoms with Crippen LogP contribution in [0.2, 0.25) is 0 Å². The molecule has 1 N–H and O–H groups in total. The molecule has 5 nitrogen and oxygen atoms in total. The number of nitrogens with zero attached hydrogens (tertiary/aromatic N) is 4. The molecule has 0 saturated carbocycles. The van der Waals surface area contributed by atoms with Gasteiger partial charge in [-0.25, -0.2) is 4.99 Å². The van der Waals surface area contributed by atoms with E-state index >= 15 is 0 Å². The lowest BCUT2D eigenvalue weighted by Crippen LogP contribution is -2.42. The van der Waals surface area contributed by atoms with E-state index in [9.17, 15) is 0 Å². The summed E-state index contributed by atoms with van der Waals surface area (Å²) in [6, 6.07) is 9.46. The number of hydrogen-bond donors (Lipinski definition) is 1. The van der Waals surface area contributed by atoms with Crippen LogP contribution in [0.1, 0.15) is 18.9 Å². The summed E-state index contributed by atoms with van der Waals surface area (Å²) in [6.07, 6.45) is 10.3. The van der Waals surface area contributed by atoms with Crippen LogP contribution >= 0.6 is 24.0 Å². The molecule has 1 atom stereocenters. The molecule has 6 heteroatoms. The first-order valence-corrected chi connectivity index (χ1v) is 10.2. The molecule has 0 bridgehead atoms. The van der Waals surface area contributed by atoms with Crippen molar-refractivity contribution in [1.82, 2.24) is 15.1 Å². The van der Waals surface area contributed by atoms with Gasteiger partial charge in [-0.15, -0.1) is 24.0 Å². The Bertz CT molecular complexity index is 713. The minimum Gasteiger partial charge on any atom is -0.364 e. The summed E-state index contributed by atoms with van der Waals surface area (Å²) < 4.78 is 0. The lowest BCUT2D eigenvalue weighted by molar-refractivity contribution is 0.259. The van der Waals surface area contributed by atoms with Crippen LogP contribution in [0.3, 0.4) is 0 Å². The first kappa shape index (κ1) is 21.2. The Hall–Kier alpha value is -1.54. The van der Waals surface area contributed by atoms with E-state index in [1.165, 1.54) is 17.7 Å². The molecule has 0 aromatic heterocycles. The molecule has 3 aliphatic rings. The molecule has 3 aliphatic heterocycles. The fourth-order valence-corrected chi connectivity index (χ4v) is 4.16. The third-order valence-corrected chi connectivity index (χ3v) is 5.67. The van der Waals surface area contributed by atoms with Crippen LogP contribution in [0.15, 0.2) is 53.6 Å². The summed E-state index contributed by atoms with van der Waals surface area (Å²) in [4.78, 5) is 12.3. The van der Waals surface area contributed by atoms with Gasteiger partial charge in [-0.3, -0.25) is 4.90 Å². The van der Waals surface area contributed by atoms with Crippen LogP contribution < -0.4 is 10.2 Å². The van der Waals surface area contributed by atoms with Crippen molar-refractivity contribution < 1.29 is 0 Å². The van der Waals surface area contributed by atoms with Crippen LogP contribution in [0.25, 0.3) is 0 Å². The highest BCUT2D eigenvalue weighted by Crippen LogP contribution is 2.20. The average Bonchev–Trinajstić information content (AvgIpc) is 3.46. The number of aliphatic imine (C=N–C) groups is 1. The summed E-state index contributed by atoms with van der Waals surface area (Å²) in [5.41, 5.74) is 2.56.